The Balaban J connectivity index is 2.06. The molecule has 114 valence electrons. The number of benzene rings is 1. The Kier molecular flexibility index (Phi) is 5.47. The van der Waals surface area contributed by atoms with Crippen LogP contribution < -0.4 is 10.6 Å². The summed E-state index contributed by atoms with van der Waals surface area (Å²) in [5, 5.41) is 5.57. The quantitative estimate of drug-likeness (QED) is 0.737. The first-order chi connectivity index (χ1) is 10.2. The van der Waals surface area contributed by atoms with E-state index in [2.05, 4.69) is 41.5 Å². The van der Waals surface area contributed by atoms with E-state index < -0.39 is 6.04 Å². The second kappa shape index (κ2) is 7.33. The van der Waals surface area contributed by atoms with Gasteiger partial charge in [-0.3, -0.25) is 19.8 Å². The van der Waals surface area contributed by atoms with Crippen molar-refractivity contribution in [2.45, 2.75) is 32.4 Å². The first kappa shape index (κ1) is 15.7. The van der Waals surface area contributed by atoms with Crippen LogP contribution in [0.15, 0.2) is 30.3 Å². The maximum atomic E-state index is 11.6. The van der Waals surface area contributed by atoms with E-state index in [1.807, 2.05) is 18.2 Å². The Morgan fingerprint density at radius 3 is 2.43 bits per heavy atom. The molecule has 2 atom stereocenters. The molecule has 1 fully saturated rings. The minimum Gasteiger partial charge on any atom is -0.304 e. The maximum Gasteiger partial charge on any atom is 0.244 e. The molecule has 1 aliphatic rings. The van der Waals surface area contributed by atoms with Crippen molar-refractivity contribution in [3.05, 3.63) is 35.9 Å². The first-order valence-electron chi connectivity index (χ1n) is 7.51. The van der Waals surface area contributed by atoms with E-state index in [-0.39, 0.29) is 24.3 Å². The maximum absolute atomic E-state index is 11.6. The van der Waals surface area contributed by atoms with Crippen LogP contribution in [0.3, 0.4) is 0 Å². The van der Waals surface area contributed by atoms with Crippen molar-refractivity contribution in [3.63, 3.8) is 0 Å². The fourth-order valence-electron chi connectivity index (χ4n) is 2.77. The Hall–Kier alpha value is -1.72. The minimum absolute atomic E-state index is 0.198. The third-order valence-electron chi connectivity index (χ3n) is 3.96. The third-order valence-corrected chi connectivity index (χ3v) is 3.96. The molecule has 0 aliphatic carbocycles. The molecular formula is C16H23N3O2. The molecule has 2 amide bonds. The third kappa shape index (κ3) is 3.89. The van der Waals surface area contributed by atoms with Gasteiger partial charge in [-0.05, 0) is 18.7 Å². The predicted molar refractivity (Wildman–Crippen MR) is 81.7 cm³/mol. The largest absolute Gasteiger partial charge is 0.304 e. The lowest BCUT2D eigenvalue weighted by molar-refractivity contribution is -0.125. The topological polar surface area (TPSA) is 61.4 Å². The Morgan fingerprint density at radius 1 is 1.24 bits per heavy atom. The van der Waals surface area contributed by atoms with Crippen LogP contribution in [0.25, 0.3) is 0 Å². The summed E-state index contributed by atoms with van der Waals surface area (Å²) in [4.78, 5) is 25.2. The SMILES string of the molecule is CCN(CC)C(CNC1CC(=O)NC1=O)c1ccccc1. The number of imide groups is 1. The summed E-state index contributed by atoms with van der Waals surface area (Å²) in [5.74, 6) is -0.414. The van der Waals surface area contributed by atoms with Gasteiger partial charge >= 0.3 is 0 Å². The van der Waals surface area contributed by atoms with E-state index in [4.69, 9.17) is 0 Å². The summed E-state index contributed by atoms with van der Waals surface area (Å²) >= 11 is 0. The van der Waals surface area contributed by atoms with E-state index in [0.29, 0.717) is 6.54 Å². The molecule has 0 bridgehead atoms. The molecular weight excluding hydrogens is 266 g/mol. The number of carbonyl (C=O) groups excluding carboxylic acids is 2. The smallest absolute Gasteiger partial charge is 0.244 e. The summed E-state index contributed by atoms with van der Waals surface area (Å²) in [6.07, 6.45) is 0.235. The van der Waals surface area contributed by atoms with Crippen LogP contribution >= 0.6 is 0 Å². The van der Waals surface area contributed by atoms with Gasteiger partial charge in [0.15, 0.2) is 0 Å². The Labute approximate surface area is 125 Å². The molecule has 1 heterocycles. The standard InChI is InChI=1S/C16H23N3O2/c1-3-19(4-2)14(12-8-6-5-7-9-12)11-17-13-10-15(20)18-16(13)21/h5-9,13-14,17H,3-4,10-11H2,1-2H3,(H,18,20,21). The van der Waals surface area contributed by atoms with Gasteiger partial charge in [-0.15, -0.1) is 0 Å². The van der Waals surface area contributed by atoms with Crippen LogP contribution in [0.5, 0.6) is 0 Å². The zero-order chi connectivity index (χ0) is 15.2. The Morgan fingerprint density at radius 2 is 1.90 bits per heavy atom. The van der Waals surface area contributed by atoms with Crippen LogP contribution in [0.1, 0.15) is 31.9 Å². The van der Waals surface area contributed by atoms with E-state index in [0.717, 1.165) is 13.1 Å². The molecule has 21 heavy (non-hydrogen) atoms. The van der Waals surface area contributed by atoms with Gasteiger partial charge in [0.05, 0.1) is 12.5 Å². The molecule has 0 spiro atoms. The molecule has 0 radical (unpaired) electrons. The minimum atomic E-state index is -0.403. The zero-order valence-corrected chi connectivity index (χ0v) is 12.6. The number of nitrogens with zero attached hydrogens (tertiary/aromatic N) is 1. The highest BCUT2D eigenvalue weighted by atomic mass is 16.2. The van der Waals surface area contributed by atoms with Crippen molar-refractivity contribution in [3.8, 4) is 0 Å². The summed E-state index contributed by atoms with van der Waals surface area (Å²) in [6, 6.07) is 10.0. The summed E-state index contributed by atoms with van der Waals surface area (Å²) < 4.78 is 0. The van der Waals surface area contributed by atoms with Crippen LogP contribution in [-0.2, 0) is 9.59 Å². The van der Waals surface area contributed by atoms with Gasteiger partial charge in [-0.2, -0.15) is 0 Å². The average Bonchev–Trinajstić information content (AvgIpc) is 2.82. The highest BCUT2D eigenvalue weighted by molar-refractivity contribution is 6.05. The number of likely N-dealkylation sites (N-methyl/N-ethyl adjacent to an activating group) is 1. The molecule has 1 aliphatic heterocycles. The molecule has 5 heteroatoms. The van der Waals surface area contributed by atoms with Crippen molar-refractivity contribution in [1.82, 2.24) is 15.5 Å². The Bertz CT molecular complexity index is 486. The number of hydrogen-bond acceptors (Lipinski definition) is 4. The van der Waals surface area contributed by atoms with Gasteiger partial charge in [-0.25, -0.2) is 0 Å². The van der Waals surface area contributed by atoms with Crippen molar-refractivity contribution in [2.24, 2.45) is 0 Å². The van der Waals surface area contributed by atoms with Crippen LogP contribution in [0.4, 0.5) is 0 Å². The average molecular weight is 289 g/mol. The highest BCUT2D eigenvalue weighted by Gasteiger charge is 2.31. The lowest BCUT2D eigenvalue weighted by atomic mass is 10.0. The molecule has 2 rings (SSSR count). The van der Waals surface area contributed by atoms with Gasteiger partial charge in [0.2, 0.25) is 11.8 Å². The van der Waals surface area contributed by atoms with Gasteiger partial charge < -0.3 is 5.32 Å². The molecule has 1 saturated heterocycles. The summed E-state index contributed by atoms with van der Waals surface area (Å²) in [7, 11) is 0. The fraction of sp³-hybridized carbons (Fsp3) is 0.500. The van der Waals surface area contributed by atoms with Crippen molar-refractivity contribution in [1.29, 1.82) is 0 Å². The molecule has 0 saturated carbocycles. The van der Waals surface area contributed by atoms with Gasteiger partial charge in [-0.1, -0.05) is 44.2 Å². The normalized spacial score (nSPS) is 19.9. The molecule has 5 nitrogen and oxygen atoms in total. The van der Waals surface area contributed by atoms with Gasteiger partial charge in [0, 0.05) is 12.6 Å². The van der Waals surface area contributed by atoms with Crippen LogP contribution in [0, 0.1) is 0 Å². The zero-order valence-electron chi connectivity index (χ0n) is 12.6. The molecule has 0 aromatic heterocycles. The number of amides is 2. The van der Waals surface area contributed by atoms with Gasteiger partial charge in [0.25, 0.3) is 0 Å². The summed E-state index contributed by atoms with van der Waals surface area (Å²) in [5.41, 5.74) is 1.22. The van der Waals surface area contributed by atoms with E-state index in [1.54, 1.807) is 0 Å². The van der Waals surface area contributed by atoms with Crippen LogP contribution in [0.2, 0.25) is 0 Å². The van der Waals surface area contributed by atoms with E-state index in [9.17, 15) is 9.59 Å². The van der Waals surface area contributed by atoms with Crippen LogP contribution in [-0.4, -0.2) is 42.4 Å². The van der Waals surface area contributed by atoms with Crippen molar-refractivity contribution in [2.75, 3.05) is 19.6 Å². The monoisotopic (exact) mass is 289 g/mol. The predicted octanol–water partition coefficient (Wildman–Crippen LogP) is 1.07. The molecule has 1 aromatic rings. The summed E-state index contributed by atoms with van der Waals surface area (Å²) in [6.45, 7) is 6.79. The highest BCUT2D eigenvalue weighted by Crippen LogP contribution is 2.20. The fourth-order valence-corrected chi connectivity index (χ4v) is 2.77. The lowest BCUT2D eigenvalue weighted by Gasteiger charge is -2.31. The second-order valence-electron chi connectivity index (χ2n) is 5.23. The van der Waals surface area contributed by atoms with E-state index >= 15 is 0 Å². The molecule has 2 unspecified atom stereocenters. The van der Waals surface area contributed by atoms with Crippen molar-refractivity contribution >= 4 is 11.8 Å². The lowest BCUT2D eigenvalue weighted by Crippen LogP contribution is -2.42. The number of nitrogens with one attached hydrogen (secondary N) is 2. The second-order valence-corrected chi connectivity index (χ2v) is 5.23. The van der Waals surface area contributed by atoms with Crippen molar-refractivity contribution < 1.29 is 9.59 Å². The number of carbonyl (C=O) groups is 2. The van der Waals surface area contributed by atoms with Gasteiger partial charge in [0.1, 0.15) is 0 Å². The molecule has 1 aromatic carbocycles. The van der Waals surface area contributed by atoms with E-state index in [1.165, 1.54) is 5.56 Å². The number of hydrogen-bond donors (Lipinski definition) is 2. The number of rotatable bonds is 7. The molecule has 2 N–H and O–H groups in total. The first-order valence-corrected chi connectivity index (χ1v) is 7.51.